The summed E-state index contributed by atoms with van der Waals surface area (Å²) in [6.07, 6.45) is 1.96. The zero-order valence-corrected chi connectivity index (χ0v) is 64.8. The Balaban J connectivity index is 0.000000121. The molecule has 0 saturated carbocycles. The van der Waals surface area contributed by atoms with Crippen LogP contribution in [0.1, 0.15) is 74.9 Å². The van der Waals surface area contributed by atoms with Crippen LogP contribution in [0.2, 0.25) is 0 Å². The molecule has 14 aromatic carbocycles. The Labute approximate surface area is 669 Å². The van der Waals surface area contributed by atoms with Gasteiger partial charge in [-0.1, -0.05) is 345 Å². The molecule has 17 aromatic rings. The van der Waals surface area contributed by atoms with Crippen LogP contribution in [0.25, 0.3) is 89.9 Å². The second-order valence-electron chi connectivity index (χ2n) is 31.0. The maximum Gasteiger partial charge on any atom is 0.160 e. The predicted molar refractivity (Wildman–Crippen MR) is 474 cm³/mol. The van der Waals surface area contributed by atoms with Crippen molar-refractivity contribution < 1.29 is 0 Å². The lowest BCUT2D eigenvalue weighted by Gasteiger charge is -2.42. The molecule has 114 heavy (non-hydrogen) atoms. The van der Waals surface area contributed by atoms with Gasteiger partial charge in [-0.05, 0) is 147 Å². The zero-order chi connectivity index (χ0) is 77.3. The van der Waals surface area contributed by atoms with E-state index in [0.29, 0.717) is 5.82 Å². The van der Waals surface area contributed by atoms with Crippen molar-refractivity contribution in [2.24, 2.45) is 0 Å². The summed E-state index contributed by atoms with van der Waals surface area (Å²) in [5.41, 5.74) is 34.5. The fraction of sp³-hybridized carbons (Fsp3) is 0.0841. The number of benzene rings is 14. The van der Waals surface area contributed by atoms with E-state index in [0.717, 1.165) is 84.5 Å². The highest BCUT2D eigenvalue weighted by Crippen LogP contribution is 2.55. The van der Waals surface area contributed by atoms with Crippen LogP contribution in [0.3, 0.4) is 0 Å². The maximum atomic E-state index is 5.11. The second kappa shape index (κ2) is 30.3. The minimum Gasteiger partial charge on any atom is -0.310 e. The molecule has 6 heterocycles. The smallest absolute Gasteiger partial charge is 0.160 e. The molecule has 7 heteroatoms. The van der Waals surface area contributed by atoms with E-state index in [2.05, 4.69) is 420 Å². The van der Waals surface area contributed by atoms with E-state index < -0.39 is 0 Å². The molecule has 0 spiro atoms. The van der Waals surface area contributed by atoms with Crippen molar-refractivity contribution in [3.63, 3.8) is 0 Å². The molecule has 3 aliphatic heterocycles. The minimum atomic E-state index is -0.0892. The Morgan fingerprint density at radius 3 is 0.763 bits per heavy atom. The molecular weight excluding hydrogens is 1380 g/mol. The third kappa shape index (κ3) is 13.6. The lowest BCUT2D eigenvalue weighted by atomic mass is 9.73. The van der Waals surface area contributed by atoms with E-state index in [4.69, 9.17) is 19.9 Å². The maximum absolute atomic E-state index is 5.11. The number of pyridine rings is 2. The van der Waals surface area contributed by atoms with Crippen LogP contribution in [0, 0.1) is 0 Å². The summed E-state index contributed by atoms with van der Waals surface area (Å²) in [5.74, 6) is 0.709. The molecule has 0 N–H and O–H groups in total. The molecule has 0 fully saturated rings. The molecule has 0 unspecified atom stereocenters. The normalized spacial score (nSPS) is 13.5. The topological polar surface area (TPSA) is 61.3 Å². The zero-order valence-electron chi connectivity index (χ0n) is 64.8. The number of para-hydroxylation sites is 6. The summed E-state index contributed by atoms with van der Waals surface area (Å²) in [6, 6.07) is 141. The molecule has 0 amide bonds. The third-order valence-corrected chi connectivity index (χ3v) is 22.9. The second-order valence-corrected chi connectivity index (χ2v) is 31.0. The van der Waals surface area contributed by atoms with Gasteiger partial charge in [-0.2, -0.15) is 0 Å². The van der Waals surface area contributed by atoms with E-state index in [1.165, 1.54) is 84.2 Å². The predicted octanol–water partition coefficient (Wildman–Crippen LogP) is 28.3. The van der Waals surface area contributed by atoms with Crippen LogP contribution in [0.5, 0.6) is 0 Å². The van der Waals surface area contributed by atoms with E-state index >= 15 is 0 Å². The van der Waals surface area contributed by atoms with Crippen LogP contribution in [-0.4, -0.2) is 19.9 Å². The van der Waals surface area contributed by atoms with Crippen LogP contribution in [0.4, 0.5) is 51.2 Å². The number of anilines is 9. The van der Waals surface area contributed by atoms with Gasteiger partial charge in [0.2, 0.25) is 0 Å². The first-order valence-electron chi connectivity index (χ1n) is 39.2. The molecule has 0 saturated heterocycles. The molecule has 0 aliphatic carbocycles. The van der Waals surface area contributed by atoms with Gasteiger partial charge in [0.05, 0.1) is 62.6 Å². The van der Waals surface area contributed by atoms with Crippen LogP contribution in [0.15, 0.2) is 407 Å². The van der Waals surface area contributed by atoms with Gasteiger partial charge in [0.15, 0.2) is 5.82 Å². The lowest BCUT2D eigenvalue weighted by Crippen LogP contribution is -2.30. The molecule has 20 rings (SSSR count). The Kier molecular flexibility index (Phi) is 19.0. The Morgan fingerprint density at radius 1 is 0.184 bits per heavy atom. The van der Waals surface area contributed by atoms with Crippen LogP contribution >= 0.6 is 0 Å². The Bertz CT molecular complexity index is 6130. The van der Waals surface area contributed by atoms with Crippen molar-refractivity contribution in [2.45, 2.75) is 57.8 Å². The highest BCUT2D eigenvalue weighted by Gasteiger charge is 2.39. The molecule has 7 nitrogen and oxygen atoms in total. The fourth-order valence-electron chi connectivity index (χ4n) is 16.8. The van der Waals surface area contributed by atoms with Gasteiger partial charge in [0.25, 0.3) is 0 Å². The van der Waals surface area contributed by atoms with E-state index in [1.54, 1.807) is 0 Å². The van der Waals surface area contributed by atoms with Crippen LogP contribution in [-0.2, 0) is 16.2 Å². The van der Waals surface area contributed by atoms with Crippen molar-refractivity contribution >= 4 is 51.2 Å². The van der Waals surface area contributed by atoms with Gasteiger partial charge < -0.3 is 14.7 Å². The first-order valence-corrected chi connectivity index (χ1v) is 39.2. The number of rotatable bonds is 11. The molecule has 0 radical (unpaired) electrons. The lowest BCUT2D eigenvalue weighted by molar-refractivity contribution is 0.632. The summed E-state index contributed by atoms with van der Waals surface area (Å²) in [4.78, 5) is 27.0. The number of aromatic nitrogens is 4. The van der Waals surface area contributed by atoms with Gasteiger partial charge in [-0.25, -0.2) is 15.0 Å². The quantitative estimate of drug-likeness (QED) is 0.128. The number of hydrogen-bond acceptors (Lipinski definition) is 7. The van der Waals surface area contributed by atoms with Crippen LogP contribution < -0.4 is 14.7 Å². The molecule has 548 valence electrons. The number of nitrogens with zero attached hydrogens (tertiary/aromatic N) is 7. The largest absolute Gasteiger partial charge is 0.310 e. The van der Waals surface area contributed by atoms with E-state index in [9.17, 15) is 0 Å². The van der Waals surface area contributed by atoms with Crippen molar-refractivity contribution in [1.29, 1.82) is 0 Å². The average molecular weight is 1470 g/mol. The molecule has 3 aliphatic rings. The van der Waals surface area contributed by atoms with E-state index in [-0.39, 0.29) is 16.2 Å². The van der Waals surface area contributed by atoms with Crippen molar-refractivity contribution in [1.82, 2.24) is 19.9 Å². The SMILES string of the molecule is CC1(C)c2ccccc2N(c2ccc(-c3cc(-c4ccccc4)nc(-c4ccc(-c5ccccc5)cc4)n3)cc2)c2ccccc21.CC1(C)c2ccccc2N(c2ccc(-c3ccc(-c4ccccc4)cn3)cc2)c2ccccc21.CC1(C)c2ccccc2N(c2ccc(-c3cccc(-c4ccccc4)n3)cc2)c2ccccc21. The van der Waals surface area contributed by atoms with Crippen molar-refractivity contribution in [2.75, 3.05) is 14.7 Å². The number of hydrogen-bond donors (Lipinski definition) is 0. The average Bonchev–Trinajstić information content (AvgIpc) is 0.738. The highest BCUT2D eigenvalue weighted by molar-refractivity contribution is 5.90. The molecule has 0 bridgehead atoms. The summed E-state index contributed by atoms with van der Waals surface area (Å²) < 4.78 is 0. The molecule has 0 atom stereocenters. The first-order chi connectivity index (χ1) is 55.8. The third-order valence-electron chi connectivity index (χ3n) is 22.9. The standard InChI is InChI=1S/C43H33N3.2C32H26N2/c1-43(2)36-17-9-11-19-40(36)46(41-20-12-10-18-37(41)43)35-27-25-33(26-28-35)39-29-38(32-15-7-4-8-16-32)44-42(45-39)34-23-21-31(22-24-34)30-13-5-3-6-14-30;1-32(2)26-13-6-8-17-30(26)34(31-18-9-7-14-27(31)32)25-21-19-24(20-22-25)29-16-10-15-28(33-29)23-11-4-3-5-12-23;1-32(2)27-12-6-8-14-30(27)34(31-15-9-7-13-28(31)32)26-19-16-24(17-20-26)29-21-18-25(22-33-29)23-10-4-3-5-11-23/h3-29H,1-2H3;2*3-22H,1-2H3. The Hall–Kier alpha value is -14.1. The minimum absolute atomic E-state index is 0.0476. The van der Waals surface area contributed by atoms with Gasteiger partial charge in [-0.15, -0.1) is 0 Å². The summed E-state index contributed by atoms with van der Waals surface area (Å²) in [5, 5.41) is 0. The monoisotopic (exact) mass is 1470 g/mol. The summed E-state index contributed by atoms with van der Waals surface area (Å²) in [7, 11) is 0. The number of fused-ring (bicyclic) bond motifs is 6. The highest BCUT2D eigenvalue weighted by atomic mass is 15.2. The molecular formula is C107H85N7. The van der Waals surface area contributed by atoms with Gasteiger partial charge >= 0.3 is 0 Å². The summed E-state index contributed by atoms with van der Waals surface area (Å²) in [6.45, 7) is 13.9. The fourth-order valence-corrected chi connectivity index (χ4v) is 16.8. The molecule has 3 aromatic heterocycles. The summed E-state index contributed by atoms with van der Waals surface area (Å²) >= 11 is 0. The van der Waals surface area contributed by atoms with Gasteiger partial charge in [0.1, 0.15) is 0 Å². The van der Waals surface area contributed by atoms with Gasteiger partial charge in [0, 0.05) is 78.4 Å². The first kappa shape index (κ1) is 71.5. The Morgan fingerprint density at radius 2 is 0.430 bits per heavy atom. The van der Waals surface area contributed by atoms with Crippen molar-refractivity contribution in [3.8, 4) is 89.9 Å². The van der Waals surface area contributed by atoms with E-state index in [1.807, 2.05) is 42.6 Å². The van der Waals surface area contributed by atoms with Gasteiger partial charge in [-0.3, -0.25) is 4.98 Å². The van der Waals surface area contributed by atoms with Crippen molar-refractivity contribution in [3.05, 3.63) is 440 Å².